The Labute approximate surface area is 164 Å². The van der Waals surface area contributed by atoms with Gasteiger partial charge in [0.25, 0.3) is 5.91 Å². The fourth-order valence-corrected chi connectivity index (χ4v) is 2.60. The molecule has 0 spiro atoms. The minimum Gasteiger partial charge on any atom is -0.326 e. The maximum atomic E-state index is 12.5. The SMILES string of the molecule is O=C(N/C(=N\c1cccc(=O)[nH]1)Nc1cccc(Cl)c1)c1cccc(Cl)c1. The molecule has 27 heavy (non-hydrogen) atoms. The number of nitrogens with one attached hydrogen (secondary N) is 3. The molecule has 0 saturated carbocycles. The summed E-state index contributed by atoms with van der Waals surface area (Å²) in [6, 6.07) is 18.0. The lowest BCUT2D eigenvalue weighted by atomic mass is 10.2. The lowest BCUT2D eigenvalue weighted by molar-refractivity contribution is 0.0977. The summed E-state index contributed by atoms with van der Waals surface area (Å²) in [5.41, 5.74) is 0.676. The monoisotopic (exact) mass is 400 g/mol. The van der Waals surface area contributed by atoms with Gasteiger partial charge in [-0.25, -0.2) is 0 Å². The van der Waals surface area contributed by atoms with Gasteiger partial charge >= 0.3 is 0 Å². The summed E-state index contributed by atoms with van der Waals surface area (Å²) in [5.74, 6) is -0.0217. The molecule has 0 bridgehead atoms. The molecule has 3 aromatic rings. The number of amides is 1. The predicted octanol–water partition coefficient (Wildman–Crippen LogP) is 4.21. The minimum atomic E-state index is -0.413. The lowest BCUT2D eigenvalue weighted by Gasteiger charge is -2.12. The van der Waals surface area contributed by atoms with Gasteiger partial charge < -0.3 is 10.3 Å². The van der Waals surface area contributed by atoms with Crippen LogP contribution in [0, 0.1) is 0 Å². The van der Waals surface area contributed by atoms with Crippen molar-refractivity contribution in [3.05, 3.63) is 92.7 Å². The third-order valence-electron chi connectivity index (χ3n) is 3.39. The van der Waals surface area contributed by atoms with Crippen LogP contribution in [0.25, 0.3) is 0 Å². The highest BCUT2D eigenvalue weighted by molar-refractivity contribution is 6.31. The largest absolute Gasteiger partial charge is 0.326 e. The zero-order chi connectivity index (χ0) is 19.2. The number of aromatic amines is 1. The van der Waals surface area contributed by atoms with Gasteiger partial charge in [-0.3, -0.25) is 14.9 Å². The number of benzene rings is 2. The van der Waals surface area contributed by atoms with Crippen molar-refractivity contribution in [1.29, 1.82) is 0 Å². The summed E-state index contributed by atoms with van der Waals surface area (Å²) in [6.45, 7) is 0. The van der Waals surface area contributed by atoms with E-state index >= 15 is 0 Å². The number of carbonyl (C=O) groups excluding carboxylic acids is 1. The van der Waals surface area contributed by atoms with Crippen molar-refractivity contribution in [3.63, 3.8) is 0 Å². The van der Waals surface area contributed by atoms with Crippen molar-refractivity contribution in [2.45, 2.75) is 0 Å². The molecular weight excluding hydrogens is 387 g/mol. The van der Waals surface area contributed by atoms with E-state index in [0.717, 1.165) is 0 Å². The fraction of sp³-hybridized carbons (Fsp3) is 0. The van der Waals surface area contributed by atoms with Gasteiger partial charge in [-0.05, 0) is 42.5 Å². The zero-order valence-corrected chi connectivity index (χ0v) is 15.4. The van der Waals surface area contributed by atoms with Crippen LogP contribution in [0.4, 0.5) is 11.5 Å². The predicted molar refractivity (Wildman–Crippen MR) is 108 cm³/mol. The minimum absolute atomic E-state index is 0.115. The zero-order valence-electron chi connectivity index (χ0n) is 13.9. The molecular formula is C19H14Cl2N4O2. The van der Waals surface area contributed by atoms with E-state index in [9.17, 15) is 9.59 Å². The molecule has 3 N–H and O–H groups in total. The molecule has 0 aliphatic rings. The number of rotatable bonds is 3. The first kappa shape index (κ1) is 18.7. The van der Waals surface area contributed by atoms with Crippen LogP contribution in [-0.4, -0.2) is 16.9 Å². The number of H-pyrrole nitrogens is 1. The average Bonchev–Trinajstić information content (AvgIpc) is 2.61. The van der Waals surface area contributed by atoms with Crippen molar-refractivity contribution in [3.8, 4) is 0 Å². The summed E-state index contributed by atoms with van der Waals surface area (Å²) >= 11 is 11.9. The number of hydrogen-bond acceptors (Lipinski definition) is 3. The molecule has 0 aliphatic heterocycles. The first-order valence-corrected chi connectivity index (χ1v) is 8.63. The fourth-order valence-electron chi connectivity index (χ4n) is 2.22. The van der Waals surface area contributed by atoms with Crippen molar-refractivity contribution in [1.82, 2.24) is 10.3 Å². The van der Waals surface area contributed by atoms with Gasteiger partial charge in [-0.2, -0.15) is 4.99 Å². The van der Waals surface area contributed by atoms with Gasteiger partial charge in [0.05, 0.1) is 0 Å². The normalized spacial score (nSPS) is 11.1. The molecule has 0 aliphatic carbocycles. The number of aliphatic imine (C=N–C) groups is 1. The summed E-state index contributed by atoms with van der Waals surface area (Å²) in [4.78, 5) is 30.9. The van der Waals surface area contributed by atoms with Crippen molar-refractivity contribution >= 4 is 46.6 Å². The van der Waals surface area contributed by atoms with Gasteiger partial charge in [-0.1, -0.05) is 41.4 Å². The average molecular weight is 401 g/mol. The molecule has 3 rings (SSSR count). The summed E-state index contributed by atoms with van der Waals surface area (Å²) in [5, 5.41) is 6.62. The van der Waals surface area contributed by atoms with E-state index in [1.54, 1.807) is 54.6 Å². The van der Waals surface area contributed by atoms with E-state index < -0.39 is 5.91 Å². The maximum Gasteiger partial charge on any atom is 0.258 e. The maximum absolute atomic E-state index is 12.5. The van der Waals surface area contributed by atoms with E-state index in [1.807, 2.05) is 0 Å². The quantitative estimate of drug-likeness (QED) is 0.454. The number of nitrogens with zero attached hydrogens (tertiary/aromatic N) is 1. The van der Waals surface area contributed by atoms with Crippen LogP contribution < -0.4 is 16.2 Å². The molecule has 1 heterocycles. The molecule has 0 saturated heterocycles. The molecule has 0 unspecified atom stereocenters. The Kier molecular flexibility index (Phi) is 5.90. The Hall–Kier alpha value is -3.09. The van der Waals surface area contributed by atoms with Crippen LogP contribution in [0.3, 0.4) is 0 Å². The van der Waals surface area contributed by atoms with Gasteiger partial charge in [-0.15, -0.1) is 0 Å². The van der Waals surface area contributed by atoms with Crippen LogP contribution in [0.2, 0.25) is 10.0 Å². The molecule has 2 aromatic carbocycles. The Morgan fingerprint density at radius 2 is 1.63 bits per heavy atom. The van der Waals surface area contributed by atoms with Crippen molar-refractivity contribution < 1.29 is 4.79 Å². The second kappa shape index (κ2) is 8.53. The highest BCUT2D eigenvalue weighted by atomic mass is 35.5. The molecule has 0 radical (unpaired) electrons. The molecule has 6 nitrogen and oxygen atoms in total. The van der Waals surface area contributed by atoms with Crippen molar-refractivity contribution in [2.75, 3.05) is 5.32 Å². The van der Waals surface area contributed by atoms with E-state index in [0.29, 0.717) is 21.3 Å². The smallest absolute Gasteiger partial charge is 0.258 e. The van der Waals surface area contributed by atoms with Gasteiger partial charge in [0.1, 0.15) is 5.82 Å². The van der Waals surface area contributed by atoms with Crippen LogP contribution >= 0.6 is 23.2 Å². The lowest BCUT2D eigenvalue weighted by Crippen LogP contribution is -2.35. The van der Waals surface area contributed by atoms with Gasteiger partial charge in [0.2, 0.25) is 11.5 Å². The number of pyridine rings is 1. The van der Waals surface area contributed by atoms with Crippen LogP contribution in [0.1, 0.15) is 10.4 Å². The number of halogens is 2. The number of aromatic nitrogens is 1. The Bertz CT molecular complexity index is 1060. The second-order valence-electron chi connectivity index (χ2n) is 5.46. The van der Waals surface area contributed by atoms with Crippen LogP contribution in [0.5, 0.6) is 0 Å². The summed E-state index contributed by atoms with van der Waals surface area (Å²) in [6.07, 6.45) is 0. The number of guanidine groups is 1. The summed E-state index contributed by atoms with van der Waals surface area (Å²) in [7, 11) is 0. The second-order valence-corrected chi connectivity index (χ2v) is 6.33. The topological polar surface area (TPSA) is 86.3 Å². The Morgan fingerprint density at radius 3 is 2.33 bits per heavy atom. The van der Waals surface area contributed by atoms with Crippen molar-refractivity contribution in [2.24, 2.45) is 4.99 Å². The van der Waals surface area contributed by atoms with E-state index in [4.69, 9.17) is 23.2 Å². The van der Waals surface area contributed by atoms with Gasteiger partial charge in [0.15, 0.2) is 0 Å². The van der Waals surface area contributed by atoms with Crippen LogP contribution in [-0.2, 0) is 0 Å². The molecule has 8 heteroatoms. The first-order chi connectivity index (χ1) is 13.0. The van der Waals surface area contributed by atoms with E-state index in [1.165, 1.54) is 12.1 Å². The van der Waals surface area contributed by atoms with E-state index in [-0.39, 0.29) is 17.3 Å². The van der Waals surface area contributed by atoms with Gasteiger partial charge in [0, 0.05) is 27.4 Å². The Morgan fingerprint density at radius 1 is 0.926 bits per heavy atom. The highest BCUT2D eigenvalue weighted by Gasteiger charge is 2.10. The van der Waals surface area contributed by atoms with E-state index in [2.05, 4.69) is 20.6 Å². The molecule has 1 aromatic heterocycles. The molecule has 136 valence electrons. The Balaban J connectivity index is 1.91. The molecule has 0 fully saturated rings. The molecule has 1 amide bonds. The number of carbonyl (C=O) groups is 1. The third kappa shape index (κ3) is 5.44. The standard InChI is InChI=1S/C19H14Cl2N4O2/c20-13-5-1-4-12(10-13)18(27)25-19(22-15-7-2-6-14(21)11-15)24-16-8-3-9-17(26)23-16/h1-11H,(H3,22,23,24,25,26,27). The molecule has 0 atom stereocenters. The third-order valence-corrected chi connectivity index (χ3v) is 3.86. The number of anilines is 1. The first-order valence-electron chi connectivity index (χ1n) is 7.87. The number of hydrogen-bond donors (Lipinski definition) is 3. The van der Waals surface area contributed by atoms with Crippen LogP contribution in [0.15, 0.2) is 76.5 Å². The summed E-state index contributed by atoms with van der Waals surface area (Å²) < 4.78 is 0. The highest BCUT2D eigenvalue weighted by Crippen LogP contribution is 2.16.